The topological polar surface area (TPSA) is 114 Å². The van der Waals surface area contributed by atoms with Gasteiger partial charge in [-0.05, 0) is 62.7 Å². The van der Waals surface area contributed by atoms with E-state index >= 15 is 0 Å². The van der Waals surface area contributed by atoms with E-state index in [0.717, 1.165) is 5.52 Å². The van der Waals surface area contributed by atoms with Crippen LogP contribution in [0.1, 0.15) is 45.7 Å². The zero-order valence-electron chi connectivity index (χ0n) is 22.3. The fraction of sp³-hybridized carbons (Fsp3) is 0.321. The minimum absolute atomic E-state index is 0.123. The molecule has 2 N–H and O–H groups in total. The van der Waals surface area contributed by atoms with Gasteiger partial charge in [0.05, 0.1) is 5.52 Å². The largest absolute Gasteiger partial charge is 0.357 e. The number of carbonyl (C=O) groups excluding carboxylic acids is 3. The Morgan fingerprint density at radius 3 is 2.39 bits per heavy atom. The van der Waals surface area contributed by atoms with Gasteiger partial charge in [0.1, 0.15) is 18.1 Å². The van der Waals surface area contributed by atoms with Crippen molar-refractivity contribution in [2.45, 2.75) is 52.2 Å². The zero-order chi connectivity index (χ0) is 27.4. The number of carbonyl (C=O) groups is 3. The SMILES string of the molecule is CCC(C)(C)NC(=O)C(c1ccn(C)c1)N(C(=O)Cn1nnc2ccccc21)c1ccc(NC(C)=O)cc1. The second-order valence-electron chi connectivity index (χ2n) is 9.97. The fourth-order valence-electron chi connectivity index (χ4n) is 4.18. The quantitative estimate of drug-likeness (QED) is 0.352. The van der Waals surface area contributed by atoms with Crippen molar-refractivity contribution in [3.63, 3.8) is 0 Å². The lowest BCUT2D eigenvalue weighted by Gasteiger charge is -2.34. The predicted molar refractivity (Wildman–Crippen MR) is 146 cm³/mol. The first kappa shape index (κ1) is 26.6. The minimum atomic E-state index is -0.948. The molecule has 4 aromatic rings. The van der Waals surface area contributed by atoms with E-state index in [9.17, 15) is 14.4 Å². The maximum atomic E-state index is 14.1. The van der Waals surface area contributed by atoms with Gasteiger partial charge in [-0.25, -0.2) is 4.68 Å². The number of aromatic nitrogens is 4. The molecule has 10 nitrogen and oxygen atoms in total. The highest BCUT2D eigenvalue weighted by Crippen LogP contribution is 2.31. The molecule has 0 saturated heterocycles. The number of para-hydroxylation sites is 1. The minimum Gasteiger partial charge on any atom is -0.357 e. The monoisotopic (exact) mass is 515 g/mol. The Morgan fingerprint density at radius 2 is 1.76 bits per heavy atom. The molecule has 3 amide bonds. The van der Waals surface area contributed by atoms with Crippen LogP contribution in [0.3, 0.4) is 0 Å². The van der Waals surface area contributed by atoms with Gasteiger partial charge in [-0.15, -0.1) is 5.10 Å². The Labute approximate surface area is 221 Å². The van der Waals surface area contributed by atoms with Gasteiger partial charge in [-0.2, -0.15) is 0 Å². The number of hydrogen-bond acceptors (Lipinski definition) is 5. The van der Waals surface area contributed by atoms with Gasteiger partial charge < -0.3 is 15.2 Å². The average molecular weight is 516 g/mol. The van der Waals surface area contributed by atoms with Crippen LogP contribution in [-0.2, 0) is 28.0 Å². The molecule has 0 spiro atoms. The van der Waals surface area contributed by atoms with E-state index in [0.29, 0.717) is 28.9 Å². The van der Waals surface area contributed by atoms with Crippen LogP contribution in [0.4, 0.5) is 11.4 Å². The summed E-state index contributed by atoms with van der Waals surface area (Å²) in [5, 5.41) is 14.2. The standard InChI is InChI=1S/C28H33N7O3/c1-6-28(3,4)30-27(38)26(20-15-16-33(5)17-20)35(22-13-11-21(12-14-22)29-19(2)36)25(37)18-34-24-10-8-7-9-23(24)31-32-34/h7-17,26H,6,18H2,1-5H3,(H,29,36)(H,30,38). The van der Waals surface area contributed by atoms with Gasteiger partial charge in [0.2, 0.25) is 17.7 Å². The highest BCUT2D eigenvalue weighted by Gasteiger charge is 2.35. The van der Waals surface area contributed by atoms with Crippen LogP contribution in [-0.4, -0.2) is 42.8 Å². The first-order valence-electron chi connectivity index (χ1n) is 12.5. The summed E-state index contributed by atoms with van der Waals surface area (Å²) in [6, 6.07) is 15.1. The number of aryl methyl sites for hydroxylation is 1. The summed E-state index contributed by atoms with van der Waals surface area (Å²) in [5.41, 5.74) is 2.68. The third-order valence-corrected chi connectivity index (χ3v) is 6.46. The molecule has 2 heterocycles. The van der Waals surface area contributed by atoms with E-state index in [1.165, 1.54) is 16.5 Å². The van der Waals surface area contributed by atoms with E-state index in [4.69, 9.17) is 0 Å². The first-order chi connectivity index (χ1) is 18.1. The summed E-state index contributed by atoms with van der Waals surface area (Å²) >= 11 is 0. The number of rotatable bonds is 9. The van der Waals surface area contributed by atoms with Crippen molar-refractivity contribution >= 4 is 40.1 Å². The number of benzene rings is 2. The highest BCUT2D eigenvalue weighted by atomic mass is 16.2. The molecule has 0 aliphatic heterocycles. The van der Waals surface area contributed by atoms with E-state index in [-0.39, 0.29) is 24.3 Å². The molecule has 38 heavy (non-hydrogen) atoms. The number of fused-ring (bicyclic) bond motifs is 1. The molecule has 2 aromatic heterocycles. The maximum Gasteiger partial charge on any atom is 0.249 e. The Morgan fingerprint density at radius 1 is 1.05 bits per heavy atom. The molecule has 2 aromatic carbocycles. The summed E-state index contributed by atoms with van der Waals surface area (Å²) in [6.07, 6.45) is 4.39. The summed E-state index contributed by atoms with van der Waals surface area (Å²) < 4.78 is 3.38. The number of nitrogens with one attached hydrogen (secondary N) is 2. The van der Waals surface area contributed by atoms with Crippen LogP contribution in [0.2, 0.25) is 0 Å². The zero-order valence-corrected chi connectivity index (χ0v) is 22.3. The fourth-order valence-corrected chi connectivity index (χ4v) is 4.18. The lowest BCUT2D eigenvalue weighted by molar-refractivity contribution is -0.128. The molecule has 0 bridgehead atoms. The number of anilines is 2. The van der Waals surface area contributed by atoms with Crippen molar-refractivity contribution in [3.05, 3.63) is 72.6 Å². The molecule has 1 unspecified atom stereocenters. The predicted octanol–water partition coefficient (Wildman–Crippen LogP) is 3.81. The van der Waals surface area contributed by atoms with Gasteiger partial charge >= 0.3 is 0 Å². The van der Waals surface area contributed by atoms with Crippen molar-refractivity contribution in [2.24, 2.45) is 7.05 Å². The number of hydrogen-bond donors (Lipinski definition) is 2. The lowest BCUT2D eigenvalue weighted by Crippen LogP contribution is -2.51. The number of nitrogens with zero attached hydrogens (tertiary/aromatic N) is 5. The van der Waals surface area contributed by atoms with Crippen molar-refractivity contribution in [1.82, 2.24) is 24.9 Å². The molecule has 1 atom stereocenters. The Bertz CT molecular complexity index is 1450. The van der Waals surface area contributed by atoms with Gasteiger partial charge in [-0.1, -0.05) is 24.3 Å². The van der Waals surface area contributed by atoms with Gasteiger partial charge in [-0.3, -0.25) is 19.3 Å². The van der Waals surface area contributed by atoms with Crippen molar-refractivity contribution in [3.8, 4) is 0 Å². The molecule has 10 heteroatoms. The Balaban J connectivity index is 1.80. The van der Waals surface area contributed by atoms with Crippen LogP contribution < -0.4 is 15.5 Å². The van der Waals surface area contributed by atoms with Gasteiger partial charge in [0.25, 0.3) is 0 Å². The smallest absolute Gasteiger partial charge is 0.249 e. The van der Waals surface area contributed by atoms with Crippen LogP contribution in [0.15, 0.2) is 67.0 Å². The molecule has 0 saturated carbocycles. The average Bonchev–Trinajstić information content (AvgIpc) is 3.48. The Kier molecular flexibility index (Phi) is 7.61. The van der Waals surface area contributed by atoms with E-state index < -0.39 is 11.6 Å². The normalized spacial score (nSPS) is 12.2. The van der Waals surface area contributed by atoms with Gasteiger partial charge in [0.15, 0.2) is 0 Å². The molecular formula is C28H33N7O3. The third-order valence-electron chi connectivity index (χ3n) is 6.46. The lowest BCUT2D eigenvalue weighted by atomic mass is 9.99. The molecule has 0 aliphatic carbocycles. The van der Waals surface area contributed by atoms with Gasteiger partial charge in [0, 0.05) is 48.8 Å². The summed E-state index contributed by atoms with van der Waals surface area (Å²) in [7, 11) is 1.87. The van der Waals surface area contributed by atoms with Crippen LogP contribution >= 0.6 is 0 Å². The van der Waals surface area contributed by atoms with E-state index in [2.05, 4.69) is 20.9 Å². The Hall–Kier alpha value is -4.47. The maximum absolute atomic E-state index is 14.1. The molecule has 198 valence electrons. The highest BCUT2D eigenvalue weighted by molar-refractivity contribution is 6.02. The molecule has 0 radical (unpaired) electrons. The molecular weight excluding hydrogens is 482 g/mol. The van der Waals surface area contributed by atoms with Crippen LogP contribution in [0.25, 0.3) is 11.0 Å². The summed E-state index contributed by atoms with van der Waals surface area (Å²) in [4.78, 5) is 40.9. The third kappa shape index (κ3) is 5.91. The van der Waals surface area contributed by atoms with Crippen LogP contribution in [0, 0.1) is 0 Å². The van der Waals surface area contributed by atoms with E-state index in [1.807, 2.05) is 75.1 Å². The first-order valence-corrected chi connectivity index (χ1v) is 12.5. The summed E-state index contributed by atoms with van der Waals surface area (Å²) in [5.74, 6) is -0.843. The van der Waals surface area contributed by atoms with Crippen molar-refractivity contribution in [1.29, 1.82) is 0 Å². The van der Waals surface area contributed by atoms with Crippen LogP contribution in [0.5, 0.6) is 0 Å². The van der Waals surface area contributed by atoms with E-state index in [1.54, 1.807) is 24.3 Å². The second kappa shape index (κ2) is 10.9. The molecule has 0 fully saturated rings. The summed E-state index contributed by atoms with van der Waals surface area (Å²) in [6.45, 7) is 7.20. The second-order valence-corrected chi connectivity index (χ2v) is 9.97. The molecule has 0 aliphatic rings. The number of amides is 3. The van der Waals surface area contributed by atoms with Crippen molar-refractivity contribution < 1.29 is 14.4 Å². The van der Waals surface area contributed by atoms with Crippen molar-refractivity contribution in [2.75, 3.05) is 10.2 Å². The molecule has 4 rings (SSSR count).